The zero-order chi connectivity index (χ0) is 23.4. The predicted molar refractivity (Wildman–Crippen MR) is 121 cm³/mol. The van der Waals surface area contributed by atoms with Crippen LogP contribution in [0.15, 0.2) is 57.7 Å². The van der Waals surface area contributed by atoms with Gasteiger partial charge in [0.15, 0.2) is 0 Å². The molecule has 1 aliphatic heterocycles. The van der Waals surface area contributed by atoms with Crippen LogP contribution in [0.1, 0.15) is 32.3 Å². The number of nitrogens with one attached hydrogen (secondary N) is 1. The van der Waals surface area contributed by atoms with Crippen LogP contribution < -0.4 is 15.7 Å². The van der Waals surface area contributed by atoms with Gasteiger partial charge in [-0.05, 0) is 50.5 Å². The van der Waals surface area contributed by atoms with Crippen LogP contribution >= 0.6 is 0 Å². The molecular weight excluding hydrogens is 426 g/mol. The third-order valence-electron chi connectivity index (χ3n) is 5.21. The zero-order valence-corrected chi connectivity index (χ0v) is 18.4. The fourth-order valence-electron chi connectivity index (χ4n) is 3.67. The summed E-state index contributed by atoms with van der Waals surface area (Å²) in [6.45, 7) is 4.17. The number of hydrogen-bond acceptors (Lipinski definition) is 7. The highest BCUT2D eigenvalue weighted by Crippen LogP contribution is 2.23. The van der Waals surface area contributed by atoms with Gasteiger partial charge in [0.1, 0.15) is 12.6 Å². The topological polar surface area (TPSA) is 111 Å². The largest absolute Gasteiger partial charge is 0.447 e. The second-order valence-corrected chi connectivity index (χ2v) is 8.05. The van der Waals surface area contributed by atoms with Gasteiger partial charge in [0.2, 0.25) is 5.91 Å². The molecule has 4 rings (SSSR count). The molecule has 0 unspecified atom stereocenters. The Morgan fingerprint density at radius 2 is 2.00 bits per heavy atom. The Kier molecular flexibility index (Phi) is 6.58. The van der Waals surface area contributed by atoms with Crippen LogP contribution in [0.3, 0.4) is 0 Å². The molecule has 0 saturated carbocycles. The number of ether oxygens (including phenoxy) is 2. The van der Waals surface area contributed by atoms with E-state index >= 15 is 0 Å². The minimum atomic E-state index is -0.641. The number of likely N-dealkylation sites (tertiary alicyclic amines) is 1. The molecule has 1 fully saturated rings. The van der Waals surface area contributed by atoms with Crippen molar-refractivity contribution in [3.63, 3.8) is 0 Å². The highest BCUT2D eigenvalue weighted by Gasteiger charge is 2.35. The molecule has 2 heterocycles. The first-order valence-electron chi connectivity index (χ1n) is 10.8. The maximum Gasteiger partial charge on any atom is 0.410 e. The molecular formula is C24H25N3O6. The third-order valence-corrected chi connectivity index (χ3v) is 5.21. The van der Waals surface area contributed by atoms with Crippen molar-refractivity contribution in [3.8, 4) is 6.08 Å². The lowest BCUT2D eigenvalue weighted by Crippen LogP contribution is -2.43. The van der Waals surface area contributed by atoms with Gasteiger partial charge in [-0.1, -0.05) is 30.3 Å². The molecule has 2 aromatic carbocycles. The molecule has 1 atom stereocenters. The number of carbonyl (C=O) groups excluding carboxylic acids is 2. The molecule has 0 spiro atoms. The molecule has 172 valence electrons. The van der Waals surface area contributed by atoms with Crippen molar-refractivity contribution in [1.29, 1.82) is 0 Å². The van der Waals surface area contributed by atoms with E-state index in [1.54, 1.807) is 26.0 Å². The minimum Gasteiger partial charge on any atom is -0.447 e. The molecule has 9 nitrogen and oxygen atoms in total. The number of hydrogen-bond donors (Lipinski definition) is 1. The van der Waals surface area contributed by atoms with E-state index in [9.17, 15) is 14.4 Å². The lowest BCUT2D eigenvalue weighted by molar-refractivity contribution is -0.120. The second kappa shape index (κ2) is 9.72. The Morgan fingerprint density at radius 1 is 1.21 bits per heavy atom. The van der Waals surface area contributed by atoms with Crippen LogP contribution in [0.2, 0.25) is 0 Å². The van der Waals surface area contributed by atoms with Crippen molar-refractivity contribution in [2.45, 2.75) is 45.4 Å². The van der Waals surface area contributed by atoms with Crippen LogP contribution in [-0.2, 0) is 16.1 Å². The third kappa shape index (κ3) is 5.31. The first-order valence-corrected chi connectivity index (χ1v) is 10.8. The fraction of sp³-hybridized carbons (Fsp3) is 0.333. The van der Waals surface area contributed by atoms with Crippen molar-refractivity contribution in [1.82, 2.24) is 9.88 Å². The van der Waals surface area contributed by atoms with Gasteiger partial charge in [0, 0.05) is 12.2 Å². The Bertz CT molecular complexity index is 1210. The summed E-state index contributed by atoms with van der Waals surface area (Å²) in [5, 5.41) is 3.09. The molecule has 0 radical (unpaired) electrons. The molecule has 0 bridgehead atoms. The van der Waals surface area contributed by atoms with E-state index in [1.165, 1.54) is 11.0 Å². The summed E-state index contributed by atoms with van der Waals surface area (Å²) in [6.07, 6.45) is 0.373. The molecule has 0 aliphatic carbocycles. The van der Waals surface area contributed by atoms with Gasteiger partial charge < -0.3 is 19.2 Å². The number of fused-ring (bicyclic) bond motifs is 1. The summed E-state index contributed by atoms with van der Waals surface area (Å²) >= 11 is 0. The van der Waals surface area contributed by atoms with Gasteiger partial charge >= 0.3 is 17.8 Å². The van der Waals surface area contributed by atoms with Crippen molar-refractivity contribution in [3.05, 3.63) is 64.5 Å². The number of anilines is 1. The molecule has 1 saturated heterocycles. The van der Waals surface area contributed by atoms with Crippen LogP contribution in [0.4, 0.5) is 10.5 Å². The van der Waals surface area contributed by atoms with E-state index in [2.05, 4.69) is 10.3 Å². The van der Waals surface area contributed by atoms with E-state index < -0.39 is 17.8 Å². The van der Waals surface area contributed by atoms with Crippen molar-refractivity contribution in [2.75, 3.05) is 11.9 Å². The summed E-state index contributed by atoms with van der Waals surface area (Å²) in [5.41, 5.74) is 1.09. The van der Waals surface area contributed by atoms with Gasteiger partial charge in [-0.15, -0.1) is 0 Å². The number of rotatable bonds is 6. The summed E-state index contributed by atoms with van der Waals surface area (Å²) in [7, 11) is 0. The summed E-state index contributed by atoms with van der Waals surface area (Å²) < 4.78 is 15.8. The maximum absolute atomic E-state index is 12.9. The van der Waals surface area contributed by atoms with Crippen molar-refractivity contribution < 1.29 is 23.5 Å². The van der Waals surface area contributed by atoms with Gasteiger partial charge in [-0.2, -0.15) is 4.98 Å². The van der Waals surface area contributed by atoms with Gasteiger partial charge in [-0.3, -0.25) is 9.69 Å². The fourth-order valence-corrected chi connectivity index (χ4v) is 3.67. The van der Waals surface area contributed by atoms with Crippen molar-refractivity contribution >= 4 is 28.6 Å². The van der Waals surface area contributed by atoms with E-state index in [4.69, 9.17) is 13.9 Å². The van der Waals surface area contributed by atoms with E-state index in [0.29, 0.717) is 30.6 Å². The number of benzene rings is 2. The normalized spacial score (nSPS) is 15.6. The molecule has 33 heavy (non-hydrogen) atoms. The Labute approximate surface area is 190 Å². The zero-order valence-electron chi connectivity index (χ0n) is 18.4. The lowest BCUT2D eigenvalue weighted by Gasteiger charge is -2.23. The Morgan fingerprint density at radius 3 is 2.76 bits per heavy atom. The van der Waals surface area contributed by atoms with Crippen LogP contribution in [0.25, 0.3) is 10.9 Å². The highest BCUT2D eigenvalue weighted by atomic mass is 16.6. The molecule has 1 aliphatic rings. The Hall–Kier alpha value is -3.88. The predicted octanol–water partition coefficient (Wildman–Crippen LogP) is 3.71. The smallest absolute Gasteiger partial charge is 0.410 e. The average molecular weight is 451 g/mol. The SMILES string of the molecule is CC(C)Oc1nc2cc(NC(=O)[C@@H]3CCCN3C(=O)OCc3ccccc3)ccc2c(=O)o1. The highest BCUT2D eigenvalue weighted by molar-refractivity contribution is 5.98. The van der Waals surface area contributed by atoms with E-state index in [0.717, 1.165) is 5.56 Å². The first-order chi connectivity index (χ1) is 15.9. The maximum atomic E-state index is 12.9. The quantitative estimate of drug-likeness (QED) is 0.608. The number of carbonyl (C=O) groups is 2. The number of amides is 2. The molecule has 1 N–H and O–H groups in total. The number of aromatic nitrogens is 1. The molecule has 9 heteroatoms. The Balaban J connectivity index is 1.45. The molecule has 1 aromatic heterocycles. The lowest BCUT2D eigenvalue weighted by atomic mass is 10.2. The van der Waals surface area contributed by atoms with Crippen LogP contribution in [0.5, 0.6) is 6.08 Å². The summed E-state index contributed by atoms with van der Waals surface area (Å²) in [5.74, 6) is -0.329. The average Bonchev–Trinajstić information content (AvgIpc) is 3.28. The van der Waals surface area contributed by atoms with Crippen LogP contribution in [0, 0.1) is 0 Å². The van der Waals surface area contributed by atoms with Gasteiger partial charge in [0.05, 0.1) is 17.0 Å². The van der Waals surface area contributed by atoms with Gasteiger partial charge in [0.25, 0.3) is 0 Å². The number of nitrogens with zero attached hydrogens (tertiary/aromatic N) is 2. The van der Waals surface area contributed by atoms with Gasteiger partial charge in [-0.25, -0.2) is 9.59 Å². The monoisotopic (exact) mass is 451 g/mol. The summed E-state index contributed by atoms with van der Waals surface area (Å²) in [6, 6.07) is 13.4. The van der Waals surface area contributed by atoms with E-state index in [1.807, 2.05) is 30.3 Å². The molecule has 3 aromatic rings. The first kappa shape index (κ1) is 22.3. The van der Waals surface area contributed by atoms with Crippen molar-refractivity contribution in [2.24, 2.45) is 0 Å². The molecule has 2 amide bonds. The minimum absolute atomic E-state index is 0.130. The van der Waals surface area contributed by atoms with Crippen LogP contribution in [-0.4, -0.2) is 40.6 Å². The van der Waals surface area contributed by atoms with E-state index in [-0.39, 0.29) is 30.1 Å². The summed E-state index contributed by atoms with van der Waals surface area (Å²) in [4.78, 5) is 43.3. The second-order valence-electron chi connectivity index (χ2n) is 8.05. The standard InChI is InChI=1S/C24H25N3O6/c1-15(2)32-23-26-19-13-17(10-11-18(19)22(29)33-23)25-21(28)20-9-6-12-27(20)24(30)31-14-16-7-4-3-5-8-16/h3-5,7-8,10-11,13,15,20H,6,9,12,14H2,1-2H3,(H,25,28)/t20-/m0/s1.